The van der Waals surface area contributed by atoms with Crippen LogP contribution in [0.4, 0.5) is 0 Å². The normalized spacial score (nSPS) is 12.5. The van der Waals surface area contributed by atoms with E-state index < -0.39 is 0 Å². The maximum atomic E-state index is 12.5. The Morgan fingerprint density at radius 3 is 2.84 bits per heavy atom. The van der Waals surface area contributed by atoms with E-state index in [1.165, 1.54) is 10.3 Å². The van der Waals surface area contributed by atoms with Crippen LogP contribution in [0.2, 0.25) is 0 Å². The molecule has 0 radical (unpaired) electrons. The van der Waals surface area contributed by atoms with Gasteiger partial charge >= 0.3 is 0 Å². The van der Waals surface area contributed by atoms with Crippen molar-refractivity contribution >= 4 is 27.5 Å². The summed E-state index contributed by atoms with van der Waals surface area (Å²) < 4.78 is 1.17. The van der Waals surface area contributed by atoms with E-state index in [1.807, 2.05) is 24.3 Å². The van der Waals surface area contributed by atoms with Gasteiger partial charge in [0.1, 0.15) is 0 Å². The van der Waals surface area contributed by atoms with E-state index in [9.17, 15) is 4.79 Å². The lowest BCUT2D eigenvalue weighted by Crippen LogP contribution is -2.35. The van der Waals surface area contributed by atoms with Crippen molar-refractivity contribution in [2.45, 2.75) is 57.9 Å². The fourth-order valence-electron chi connectivity index (χ4n) is 3.16. The number of carbonyl (C=O) groups is 1. The van der Waals surface area contributed by atoms with Crippen molar-refractivity contribution in [3.05, 3.63) is 77.9 Å². The number of carbonyl (C=O) groups excluding carboxylic acids is 1. The molecule has 1 amide bonds. The predicted octanol–water partition coefficient (Wildman–Crippen LogP) is 6.39. The van der Waals surface area contributed by atoms with Crippen LogP contribution in [0.1, 0.15) is 56.0 Å². The Morgan fingerprint density at radius 2 is 2.13 bits per heavy atom. The van der Waals surface area contributed by atoms with E-state index >= 15 is 0 Å². The minimum absolute atomic E-state index is 0.0200. The molecule has 0 bridgehead atoms. The van der Waals surface area contributed by atoms with Gasteiger partial charge in [0.15, 0.2) is 0 Å². The highest BCUT2D eigenvalue weighted by Gasteiger charge is 2.14. The summed E-state index contributed by atoms with van der Waals surface area (Å²) in [4.78, 5) is 17.2. The first kappa shape index (κ1) is 24.3. The number of allylic oxidation sites excluding steroid dienone is 5. The average Bonchev–Trinajstić information content (AvgIpc) is 3.16. The molecule has 0 saturated carbocycles. The van der Waals surface area contributed by atoms with Crippen LogP contribution in [0.3, 0.4) is 0 Å². The van der Waals surface area contributed by atoms with E-state index in [0.717, 1.165) is 23.4 Å². The first-order valence-corrected chi connectivity index (χ1v) is 11.5. The summed E-state index contributed by atoms with van der Waals surface area (Å²) in [5, 5.41) is 13.1. The smallest absolute Gasteiger partial charge is 0.220 e. The van der Waals surface area contributed by atoms with Gasteiger partial charge in [-0.05, 0) is 36.5 Å². The summed E-state index contributed by atoms with van der Waals surface area (Å²) in [6, 6.07) is 8.36. The Labute approximate surface area is 189 Å². The Kier molecular flexibility index (Phi) is 9.93. The molecule has 1 unspecified atom stereocenters. The quantitative estimate of drug-likeness (QED) is 0.312. The highest BCUT2D eigenvalue weighted by molar-refractivity contribution is 7.18. The lowest BCUT2D eigenvalue weighted by molar-refractivity contribution is -0.121. The number of aromatic nitrogens is 1. The number of aryl methyl sites for hydroxylation is 1. The zero-order valence-corrected chi connectivity index (χ0v) is 19.3. The maximum Gasteiger partial charge on any atom is 0.220 e. The fraction of sp³-hybridized carbons (Fsp3) is 0.346. The van der Waals surface area contributed by atoms with Gasteiger partial charge in [-0.2, -0.15) is 5.26 Å². The van der Waals surface area contributed by atoms with Crippen LogP contribution in [-0.4, -0.2) is 16.9 Å². The number of rotatable bonds is 12. The molecule has 1 N–H and O–H groups in total. The third kappa shape index (κ3) is 8.35. The Balaban J connectivity index is 1.91. The van der Waals surface area contributed by atoms with Crippen LogP contribution in [-0.2, 0) is 11.2 Å². The molecular formula is C26H31N3OS. The fourth-order valence-corrected chi connectivity index (χ4v) is 4.17. The number of fused-ring (bicyclic) bond motifs is 1. The molecule has 0 fully saturated rings. The van der Waals surface area contributed by atoms with E-state index in [2.05, 4.69) is 61.6 Å². The summed E-state index contributed by atoms with van der Waals surface area (Å²) in [6.07, 6.45) is 12.5. The summed E-state index contributed by atoms with van der Waals surface area (Å²) in [5.74, 6) is 0.460. The van der Waals surface area contributed by atoms with Gasteiger partial charge in [-0.1, -0.05) is 63.5 Å². The number of nitrogens with zero attached hydrogens (tertiary/aromatic N) is 2. The second-order valence-corrected chi connectivity index (χ2v) is 8.91. The lowest BCUT2D eigenvalue weighted by atomic mass is 10.0. The van der Waals surface area contributed by atoms with Gasteiger partial charge in [-0.3, -0.25) is 4.79 Å². The lowest BCUT2D eigenvalue weighted by Gasteiger charge is -2.17. The van der Waals surface area contributed by atoms with E-state index in [1.54, 1.807) is 17.4 Å². The molecule has 2 rings (SSSR count). The van der Waals surface area contributed by atoms with E-state index in [0.29, 0.717) is 30.8 Å². The van der Waals surface area contributed by atoms with Crippen molar-refractivity contribution in [2.75, 3.05) is 0 Å². The summed E-state index contributed by atoms with van der Waals surface area (Å²) in [7, 11) is 0. The third-order valence-electron chi connectivity index (χ3n) is 4.88. The van der Waals surface area contributed by atoms with Gasteiger partial charge in [-0.15, -0.1) is 11.3 Å². The molecule has 1 heterocycles. The topological polar surface area (TPSA) is 65.8 Å². The first-order valence-electron chi connectivity index (χ1n) is 10.6. The largest absolute Gasteiger partial charge is 0.353 e. The molecule has 1 atom stereocenters. The zero-order valence-electron chi connectivity index (χ0n) is 18.4. The van der Waals surface area contributed by atoms with Crippen molar-refractivity contribution in [3.8, 4) is 6.07 Å². The minimum Gasteiger partial charge on any atom is -0.353 e. The maximum absolute atomic E-state index is 12.5. The molecule has 0 aliphatic heterocycles. The first-order chi connectivity index (χ1) is 14.9. The standard InChI is InChI=1S/C26H31N3OS/c1-5-6-7-8-9-10-11-22(16-20(4)18-27)28-25(30)14-15-26-29-23-13-12-21(19(2)3)17-24(23)31-26/h5-9,12-13,17,19,22H,1,4,10-11,14-16H2,2-3H3,(H,28,30)/b7-6-,9-8-. The predicted molar refractivity (Wildman–Crippen MR) is 131 cm³/mol. The molecule has 0 aliphatic carbocycles. The van der Waals surface area contributed by atoms with Gasteiger partial charge in [-0.25, -0.2) is 4.98 Å². The van der Waals surface area contributed by atoms with Crippen LogP contribution >= 0.6 is 11.3 Å². The molecule has 0 saturated heterocycles. The highest BCUT2D eigenvalue weighted by atomic mass is 32.1. The number of benzene rings is 1. The number of nitriles is 1. The second-order valence-electron chi connectivity index (χ2n) is 7.80. The Morgan fingerprint density at radius 1 is 1.32 bits per heavy atom. The number of hydrogen-bond acceptors (Lipinski definition) is 4. The highest BCUT2D eigenvalue weighted by Crippen LogP contribution is 2.27. The molecule has 5 heteroatoms. The van der Waals surface area contributed by atoms with Gasteiger partial charge < -0.3 is 5.32 Å². The molecule has 1 aromatic heterocycles. The molecule has 4 nitrogen and oxygen atoms in total. The molecule has 162 valence electrons. The van der Waals surface area contributed by atoms with Gasteiger partial charge in [0.05, 0.1) is 21.3 Å². The average molecular weight is 434 g/mol. The van der Waals surface area contributed by atoms with E-state index in [-0.39, 0.29) is 11.9 Å². The number of amides is 1. The number of thiazole rings is 1. The van der Waals surface area contributed by atoms with Crippen molar-refractivity contribution in [1.82, 2.24) is 10.3 Å². The molecule has 0 aliphatic rings. The SMILES string of the molecule is C=C/C=C\C=C/CCC(CC(=C)C#N)NC(=O)CCc1nc2ccc(C(C)C)cc2s1. The molecule has 0 spiro atoms. The van der Waals surface area contributed by atoms with Crippen LogP contribution in [0.15, 0.2) is 67.3 Å². The zero-order chi connectivity index (χ0) is 22.6. The van der Waals surface area contributed by atoms with Crippen molar-refractivity contribution < 1.29 is 4.79 Å². The van der Waals surface area contributed by atoms with Gasteiger partial charge in [0, 0.05) is 30.9 Å². The number of hydrogen-bond donors (Lipinski definition) is 1. The Bertz CT molecular complexity index is 1010. The van der Waals surface area contributed by atoms with Crippen molar-refractivity contribution in [2.24, 2.45) is 0 Å². The molecule has 2 aromatic rings. The number of nitrogens with one attached hydrogen (secondary N) is 1. The van der Waals surface area contributed by atoms with Crippen molar-refractivity contribution in [3.63, 3.8) is 0 Å². The molecule has 31 heavy (non-hydrogen) atoms. The van der Waals surface area contributed by atoms with Gasteiger partial charge in [0.25, 0.3) is 0 Å². The molecule has 1 aromatic carbocycles. The Hall–Kier alpha value is -2.97. The van der Waals surface area contributed by atoms with E-state index in [4.69, 9.17) is 5.26 Å². The van der Waals surface area contributed by atoms with Crippen LogP contribution in [0.25, 0.3) is 10.2 Å². The minimum atomic E-state index is -0.100. The van der Waals surface area contributed by atoms with Gasteiger partial charge in [0.2, 0.25) is 5.91 Å². The monoisotopic (exact) mass is 433 g/mol. The second kappa shape index (κ2) is 12.7. The molecular weight excluding hydrogens is 402 g/mol. The summed E-state index contributed by atoms with van der Waals surface area (Å²) >= 11 is 1.66. The van der Waals surface area contributed by atoms with Crippen LogP contribution in [0, 0.1) is 11.3 Å². The van der Waals surface area contributed by atoms with Crippen LogP contribution in [0.5, 0.6) is 0 Å². The van der Waals surface area contributed by atoms with Crippen LogP contribution < -0.4 is 5.32 Å². The third-order valence-corrected chi connectivity index (χ3v) is 5.96. The summed E-state index contributed by atoms with van der Waals surface area (Å²) in [5.41, 5.74) is 2.77. The summed E-state index contributed by atoms with van der Waals surface area (Å²) in [6.45, 7) is 11.8. The van der Waals surface area contributed by atoms with Crippen molar-refractivity contribution in [1.29, 1.82) is 5.26 Å².